The first kappa shape index (κ1) is 9.34. The average molecular weight is 189 g/mol. The lowest BCUT2D eigenvalue weighted by Crippen LogP contribution is -2.31. The standard InChI is InChI=1S/C4H7Cl3N2/c1-8-3(9-2)4(5,6)7/h1-2H3,(H,8,9). The van der Waals surface area contributed by atoms with Gasteiger partial charge in [0.1, 0.15) is 5.84 Å². The number of nitrogens with zero attached hydrogens (tertiary/aromatic N) is 1. The third kappa shape index (κ3) is 3.14. The molecule has 0 saturated heterocycles. The van der Waals surface area contributed by atoms with Gasteiger partial charge < -0.3 is 5.32 Å². The molecule has 0 aliphatic carbocycles. The number of hydrogen-bond acceptors (Lipinski definition) is 1. The molecule has 0 fully saturated rings. The minimum Gasteiger partial charge on any atom is -0.373 e. The van der Waals surface area contributed by atoms with Crippen LogP contribution in [0.2, 0.25) is 0 Å². The third-order valence-corrected chi connectivity index (χ3v) is 1.27. The molecule has 0 aromatic rings. The fourth-order valence-electron chi connectivity index (χ4n) is 0.380. The lowest BCUT2D eigenvalue weighted by molar-refractivity contribution is 1.11. The number of nitrogens with one attached hydrogen (secondary N) is 1. The SMILES string of the molecule is CN=C(NC)C(Cl)(Cl)Cl. The van der Waals surface area contributed by atoms with Crippen LogP contribution in [0, 0.1) is 0 Å². The smallest absolute Gasteiger partial charge is 0.247 e. The Kier molecular flexibility index (Phi) is 3.63. The van der Waals surface area contributed by atoms with Crippen molar-refractivity contribution < 1.29 is 0 Å². The summed E-state index contributed by atoms with van der Waals surface area (Å²) in [4.78, 5) is 3.69. The number of amidine groups is 1. The maximum atomic E-state index is 5.44. The van der Waals surface area contributed by atoms with E-state index in [1.807, 2.05) is 0 Å². The summed E-state index contributed by atoms with van der Waals surface area (Å²) in [7, 11) is 3.19. The van der Waals surface area contributed by atoms with Crippen molar-refractivity contribution in [2.45, 2.75) is 3.79 Å². The Morgan fingerprint density at radius 1 is 1.44 bits per heavy atom. The van der Waals surface area contributed by atoms with Crippen LogP contribution in [-0.4, -0.2) is 23.7 Å². The van der Waals surface area contributed by atoms with Gasteiger partial charge in [0.15, 0.2) is 0 Å². The van der Waals surface area contributed by atoms with Crippen molar-refractivity contribution in [3.63, 3.8) is 0 Å². The highest BCUT2D eigenvalue weighted by Crippen LogP contribution is 2.26. The molecule has 0 aromatic heterocycles. The molecule has 0 atom stereocenters. The Morgan fingerprint density at radius 2 is 1.89 bits per heavy atom. The average Bonchev–Trinajstić information content (AvgIpc) is 1.65. The van der Waals surface area contributed by atoms with Crippen molar-refractivity contribution in [3.8, 4) is 0 Å². The van der Waals surface area contributed by atoms with E-state index in [1.165, 1.54) is 0 Å². The molecule has 2 nitrogen and oxygen atoms in total. The van der Waals surface area contributed by atoms with Crippen molar-refractivity contribution in [1.82, 2.24) is 5.32 Å². The molecule has 0 aliphatic heterocycles. The molecular formula is C4H7Cl3N2. The van der Waals surface area contributed by atoms with E-state index in [2.05, 4.69) is 10.3 Å². The largest absolute Gasteiger partial charge is 0.373 e. The number of alkyl halides is 3. The van der Waals surface area contributed by atoms with Crippen molar-refractivity contribution in [2.75, 3.05) is 14.1 Å². The second kappa shape index (κ2) is 3.49. The van der Waals surface area contributed by atoms with Crippen LogP contribution in [0.5, 0.6) is 0 Å². The molecule has 5 heteroatoms. The Morgan fingerprint density at radius 3 is 1.89 bits per heavy atom. The first-order valence-corrected chi connectivity index (χ1v) is 3.37. The normalized spacial score (nSPS) is 13.7. The monoisotopic (exact) mass is 188 g/mol. The molecule has 1 N–H and O–H groups in total. The van der Waals surface area contributed by atoms with Crippen molar-refractivity contribution >= 4 is 40.6 Å². The molecule has 0 unspecified atom stereocenters. The van der Waals surface area contributed by atoms with Gasteiger partial charge >= 0.3 is 0 Å². The second-order valence-electron chi connectivity index (χ2n) is 1.32. The number of hydrogen-bond donors (Lipinski definition) is 1. The van der Waals surface area contributed by atoms with Gasteiger partial charge in [-0.15, -0.1) is 0 Å². The quantitative estimate of drug-likeness (QED) is 0.349. The molecule has 0 amide bonds. The van der Waals surface area contributed by atoms with Gasteiger partial charge in [-0.1, -0.05) is 34.8 Å². The molecule has 0 saturated carbocycles. The molecule has 0 rings (SSSR count). The number of aliphatic imine (C=N–C) groups is 1. The maximum absolute atomic E-state index is 5.44. The highest BCUT2D eigenvalue weighted by molar-refractivity contribution is 6.76. The highest BCUT2D eigenvalue weighted by Gasteiger charge is 2.25. The zero-order valence-corrected chi connectivity index (χ0v) is 7.35. The predicted molar refractivity (Wildman–Crippen MR) is 42.7 cm³/mol. The first-order valence-electron chi connectivity index (χ1n) is 2.24. The first-order chi connectivity index (χ1) is 4.02. The van der Waals surface area contributed by atoms with Crippen LogP contribution in [0.1, 0.15) is 0 Å². The summed E-state index contributed by atoms with van der Waals surface area (Å²) in [6.07, 6.45) is 0. The highest BCUT2D eigenvalue weighted by atomic mass is 35.6. The van der Waals surface area contributed by atoms with Crippen LogP contribution in [0.4, 0.5) is 0 Å². The van der Waals surface area contributed by atoms with Gasteiger partial charge in [0.05, 0.1) is 0 Å². The summed E-state index contributed by atoms with van der Waals surface area (Å²) in [6, 6.07) is 0. The van der Waals surface area contributed by atoms with Gasteiger partial charge in [0.2, 0.25) is 3.79 Å². The predicted octanol–water partition coefficient (Wildman–Crippen LogP) is 1.60. The van der Waals surface area contributed by atoms with E-state index < -0.39 is 3.79 Å². The molecule has 0 heterocycles. The summed E-state index contributed by atoms with van der Waals surface area (Å²) in [5.74, 6) is 0.340. The molecule has 0 spiro atoms. The van der Waals surface area contributed by atoms with Gasteiger partial charge in [-0.25, -0.2) is 0 Å². The van der Waals surface area contributed by atoms with E-state index in [-0.39, 0.29) is 0 Å². The van der Waals surface area contributed by atoms with Gasteiger partial charge in [-0.3, -0.25) is 4.99 Å². The Hall–Kier alpha value is 0.340. The van der Waals surface area contributed by atoms with Crippen LogP contribution < -0.4 is 5.32 Å². The Labute approximate surface area is 69.2 Å². The van der Waals surface area contributed by atoms with E-state index in [9.17, 15) is 0 Å². The zero-order chi connectivity index (χ0) is 7.49. The fraction of sp³-hybridized carbons (Fsp3) is 0.750. The van der Waals surface area contributed by atoms with E-state index in [0.717, 1.165) is 0 Å². The van der Waals surface area contributed by atoms with Gasteiger partial charge in [0, 0.05) is 14.1 Å². The zero-order valence-electron chi connectivity index (χ0n) is 5.08. The molecular weight excluding hydrogens is 182 g/mol. The molecule has 0 bridgehead atoms. The maximum Gasteiger partial charge on any atom is 0.247 e. The molecule has 0 radical (unpaired) electrons. The van der Waals surface area contributed by atoms with Crippen LogP contribution in [0.15, 0.2) is 4.99 Å². The minimum absolute atomic E-state index is 0.340. The summed E-state index contributed by atoms with van der Waals surface area (Å²) in [5.41, 5.74) is 0. The van der Waals surface area contributed by atoms with E-state index >= 15 is 0 Å². The van der Waals surface area contributed by atoms with E-state index in [0.29, 0.717) is 5.84 Å². The van der Waals surface area contributed by atoms with E-state index in [1.54, 1.807) is 14.1 Å². The third-order valence-electron chi connectivity index (χ3n) is 0.729. The fourth-order valence-corrected chi connectivity index (χ4v) is 0.917. The van der Waals surface area contributed by atoms with Crippen LogP contribution in [0.25, 0.3) is 0 Å². The van der Waals surface area contributed by atoms with Crippen molar-refractivity contribution in [3.05, 3.63) is 0 Å². The summed E-state index contributed by atoms with van der Waals surface area (Å²) < 4.78 is -1.43. The Bertz CT molecular complexity index is 115. The molecule has 0 aliphatic rings. The van der Waals surface area contributed by atoms with Crippen LogP contribution >= 0.6 is 34.8 Å². The summed E-state index contributed by atoms with van der Waals surface area (Å²) in [5, 5.41) is 2.65. The van der Waals surface area contributed by atoms with Crippen molar-refractivity contribution in [2.24, 2.45) is 4.99 Å². The molecule has 0 aromatic carbocycles. The summed E-state index contributed by atoms with van der Waals surface area (Å²) >= 11 is 16.3. The van der Waals surface area contributed by atoms with Gasteiger partial charge in [0.25, 0.3) is 0 Å². The molecule has 9 heavy (non-hydrogen) atoms. The number of rotatable bonds is 0. The van der Waals surface area contributed by atoms with Gasteiger partial charge in [-0.2, -0.15) is 0 Å². The van der Waals surface area contributed by atoms with Crippen molar-refractivity contribution in [1.29, 1.82) is 0 Å². The second-order valence-corrected chi connectivity index (χ2v) is 3.60. The molecule has 54 valence electrons. The topological polar surface area (TPSA) is 24.4 Å². The van der Waals surface area contributed by atoms with Crippen LogP contribution in [-0.2, 0) is 0 Å². The van der Waals surface area contributed by atoms with E-state index in [4.69, 9.17) is 34.8 Å². The minimum atomic E-state index is -1.43. The van der Waals surface area contributed by atoms with Gasteiger partial charge in [-0.05, 0) is 0 Å². The Balaban J connectivity index is 4.14. The summed E-state index contributed by atoms with van der Waals surface area (Å²) in [6.45, 7) is 0. The van der Waals surface area contributed by atoms with Crippen LogP contribution in [0.3, 0.4) is 0 Å². The lowest BCUT2D eigenvalue weighted by atomic mass is 10.6. The number of halogens is 3. The lowest BCUT2D eigenvalue weighted by Gasteiger charge is -2.12.